The third-order valence-electron chi connectivity index (χ3n) is 3.28. The topological polar surface area (TPSA) is 26.2 Å². The second-order valence-corrected chi connectivity index (χ2v) is 4.85. The zero-order chi connectivity index (χ0) is 12.1. The van der Waals surface area contributed by atoms with Gasteiger partial charge in [-0.1, -0.05) is 6.92 Å². The van der Waals surface area contributed by atoms with Crippen LogP contribution in [0.1, 0.15) is 44.7 Å². The van der Waals surface area contributed by atoms with Crippen LogP contribution in [0.2, 0.25) is 0 Å². The summed E-state index contributed by atoms with van der Waals surface area (Å²) in [5.74, 6) is 0.851. The highest BCUT2D eigenvalue weighted by atomic mass is 16.5. The van der Waals surface area contributed by atoms with Crippen molar-refractivity contribution in [3.63, 3.8) is 0 Å². The first-order valence-electron chi connectivity index (χ1n) is 6.82. The van der Waals surface area contributed by atoms with Crippen molar-refractivity contribution in [2.24, 2.45) is 5.92 Å². The van der Waals surface area contributed by atoms with E-state index in [1.54, 1.807) is 0 Å². The van der Waals surface area contributed by atoms with Crippen molar-refractivity contribution in [3.05, 3.63) is 24.0 Å². The SMILES string of the molecule is CCCNC(c1ccn(COCC)c1)C1CC1. The molecular weight excluding hydrogens is 212 g/mol. The monoisotopic (exact) mass is 236 g/mol. The van der Waals surface area contributed by atoms with Gasteiger partial charge in [0.2, 0.25) is 0 Å². The van der Waals surface area contributed by atoms with Gasteiger partial charge in [0.05, 0.1) is 0 Å². The van der Waals surface area contributed by atoms with Gasteiger partial charge in [-0.3, -0.25) is 0 Å². The van der Waals surface area contributed by atoms with E-state index >= 15 is 0 Å². The van der Waals surface area contributed by atoms with Gasteiger partial charge in [0.1, 0.15) is 6.73 Å². The summed E-state index contributed by atoms with van der Waals surface area (Å²) < 4.78 is 7.54. The molecule has 0 aliphatic heterocycles. The Kier molecular flexibility index (Phi) is 4.63. The molecule has 1 aromatic heterocycles. The Balaban J connectivity index is 1.94. The molecule has 1 heterocycles. The highest BCUT2D eigenvalue weighted by Crippen LogP contribution is 2.41. The summed E-state index contributed by atoms with van der Waals surface area (Å²) in [7, 11) is 0. The van der Waals surface area contributed by atoms with Crippen molar-refractivity contribution >= 4 is 0 Å². The van der Waals surface area contributed by atoms with Gasteiger partial charge in [-0.05, 0) is 50.3 Å². The number of nitrogens with one attached hydrogen (secondary N) is 1. The molecule has 0 aromatic carbocycles. The molecule has 17 heavy (non-hydrogen) atoms. The first-order valence-corrected chi connectivity index (χ1v) is 6.82. The fourth-order valence-corrected chi connectivity index (χ4v) is 2.21. The van der Waals surface area contributed by atoms with E-state index in [0.717, 1.165) is 19.1 Å². The average Bonchev–Trinajstić information content (AvgIpc) is 3.07. The lowest BCUT2D eigenvalue weighted by atomic mass is 10.1. The summed E-state index contributed by atoms with van der Waals surface area (Å²) >= 11 is 0. The Morgan fingerprint density at radius 3 is 2.94 bits per heavy atom. The molecule has 96 valence electrons. The smallest absolute Gasteiger partial charge is 0.122 e. The van der Waals surface area contributed by atoms with Crippen LogP contribution in [0.3, 0.4) is 0 Å². The minimum absolute atomic E-state index is 0.554. The van der Waals surface area contributed by atoms with E-state index < -0.39 is 0 Å². The predicted octanol–water partition coefficient (Wildman–Crippen LogP) is 2.93. The maximum absolute atomic E-state index is 5.41. The number of ether oxygens (including phenoxy) is 1. The van der Waals surface area contributed by atoms with E-state index in [9.17, 15) is 0 Å². The fraction of sp³-hybridized carbons (Fsp3) is 0.714. The zero-order valence-corrected chi connectivity index (χ0v) is 11.0. The van der Waals surface area contributed by atoms with Crippen LogP contribution >= 0.6 is 0 Å². The molecule has 1 fully saturated rings. The molecular formula is C14H24N2O. The molecule has 0 radical (unpaired) electrons. The third-order valence-corrected chi connectivity index (χ3v) is 3.28. The van der Waals surface area contributed by atoms with Gasteiger partial charge in [-0.25, -0.2) is 0 Å². The molecule has 0 amide bonds. The minimum Gasteiger partial charge on any atom is -0.361 e. The van der Waals surface area contributed by atoms with Crippen LogP contribution in [-0.2, 0) is 11.5 Å². The van der Waals surface area contributed by atoms with Crippen LogP contribution in [0.25, 0.3) is 0 Å². The first kappa shape index (κ1) is 12.7. The summed E-state index contributed by atoms with van der Waals surface area (Å²) in [5.41, 5.74) is 1.42. The van der Waals surface area contributed by atoms with Crippen LogP contribution in [0.4, 0.5) is 0 Å². The summed E-state index contributed by atoms with van der Waals surface area (Å²) in [6.07, 6.45) is 8.29. The lowest BCUT2D eigenvalue weighted by Gasteiger charge is -2.16. The molecule has 1 aromatic rings. The molecule has 1 atom stereocenters. The number of aromatic nitrogens is 1. The second-order valence-electron chi connectivity index (χ2n) is 4.85. The van der Waals surface area contributed by atoms with Gasteiger partial charge in [0, 0.05) is 25.0 Å². The van der Waals surface area contributed by atoms with Crippen molar-refractivity contribution in [1.82, 2.24) is 9.88 Å². The zero-order valence-electron chi connectivity index (χ0n) is 11.0. The van der Waals surface area contributed by atoms with Gasteiger partial charge >= 0.3 is 0 Å². The van der Waals surface area contributed by atoms with E-state index in [1.807, 2.05) is 6.92 Å². The van der Waals surface area contributed by atoms with Gasteiger partial charge < -0.3 is 14.6 Å². The van der Waals surface area contributed by atoms with Crippen molar-refractivity contribution in [1.29, 1.82) is 0 Å². The van der Waals surface area contributed by atoms with E-state index in [1.165, 1.54) is 24.8 Å². The van der Waals surface area contributed by atoms with E-state index in [2.05, 4.69) is 35.3 Å². The summed E-state index contributed by atoms with van der Waals surface area (Å²) in [6, 6.07) is 2.78. The van der Waals surface area contributed by atoms with Gasteiger partial charge in [-0.2, -0.15) is 0 Å². The Morgan fingerprint density at radius 2 is 2.29 bits per heavy atom. The molecule has 3 nitrogen and oxygen atoms in total. The van der Waals surface area contributed by atoms with E-state index in [-0.39, 0.29) is 0 Å². The number of hydrogen-bond acceptors (Lipinski definition) is 2. The molecule has 0 bridgehead atoms. The fourth-order valence-electron chi connectivity index (χ4n) is 2.21. The summed E-state index contributed by atoms with van der Waals surface area (Å²) in [5, 5.41) is 3.66. The molecule has 3 heteroatoms. The third kappa shape index (κ3) is 3.58. The highest BCUT2D eigenvalue weighted by Gasteiger charge is 2.32. The Labute approximate surface area is 104 Å². The molecule has 1 aliphatic rings. The molecule has 0 spiro atoms. The largest absolute Gasteiger partial charge is 0.361 e. The lowest BCUT2D eigenvalue weighted by molar-refractivity contribution is 0.0880. The summed E-state index contributed by atoms with van der Waals surface area (Å²) in [6.45, 7) is 6.80. The van der Waals surface area contributed by atoms with Crippen LogP contribution in [0, 0.1) is 5.92 Å². The molecule has 1 N–H and O–H groups in total. The van der Waals surface area contributed by atoms with Crippen molar-refractivity contribution in [3.8, 4) is 0 Å². The van der Waals surface area contributed by atoms with E-state index in [4.69, 9.17) is 4.74 Å². The van der Waals surface area contributed by atoms with Crippen LogP contribution in [0.15, 0.2) is 18.5 Å². The number of rotatable bonds is 8. The van der Waals surface area contributed by atoms with Crippen molar-refractivity contribution < 1.29 is 4.74 Å². The molecule has 0 saturated heterocycles. The van der Waals surface area contributed by atoms with Gasteiger partial charge in [0.25, 0.3) is 0 Å². The number of nitrogens with zero attached hydrogens (tertiary/aromatic N) is 1. The van der Waals surface area contributed by atoms with Crippen LogP contribution in [-0.4, -0.2) is 17.7 Å². The van der Waals surface area contributed by atoms with Gasteiger partial charge in [0.15, 0.2) is 0 Å². The Morgan fingerprint density at radius 1 is 1.47 bits per heavy atom. The van der Waals surface area contributed by atoms with E-state index in [0.29, 0.717) is 12.8 Å². The minimum atomic E-state index is 0.554. The second kappa shape index (κ2) is 6.22. The quantitative estimate of drug-likeness (QED) is 0.751. The normalized spacial score (nSPS) is 17.3. The Bertz CT molecular complexity index is 331. The van der Waals surface area contributed by atoms with Crippen molar-refractivity contribution in [2.75, 3.05) is 13.2 Å². The van der Waals surface area contributed by atoms with Gasteiger partial charge in [-0.15, -0.1) is 0 Å². The lowest BCUT2D eigenvalue weighted by Crippen LogP contribution is -2.23. The predicted molar refractivity (Wildman–Crippen MR) is 69.8 cm³/mol. The number of hydrogen-bond donors (Lipinski definition) is 1. The molecule has 1 saturated carbocycles. The standard InChI is InChI=1S/C14H24N2O/c1-3-8-15-14(12-5-6-12)13-7-9-16(10-13)11-17-4-2/h7,9-10,12,14-15H,3-6,8,11H2,1-2H3. The van der Waals surface area contributed by atoms with Crippen molar-refractivity contribution in [2.45, 2.75) is 45.9 Å². The molecule has 1 unspecified atom stereocenters. The Hall–Kier alpha value is -0.800. The molecule has 1 aliphatic carbocycles. The summed E-state index contributed by atoms with van der Waals surface area (Å²) in [4.78, 5) is 0. The highest BCUT2D eigenvalue weighted by molar-refractivity contribution is 5.18. The first-order chi connectivity index (χ1) is 8.35. The van der Waals surface area contributed by atoms with Crippen LogP contribution < -0.4 is 5.32 Å². The maximum atomic E-state index is 5.41. The molecule has 2 rings (SSSR count). The average molecular weight is 236 g/mol. The maximum Gasteiger partial charge on any atom is 0.122 e. The van der Waals surface area contributed by atoms with Crippen LogP contribution in [0.5, 0.6) is 0 Å².